The third-order valence-electron chi connectivity index (χ3n) is 2.61. The Kier molecular flexibility index (Phi) is 5.70. The summed E-state index contributed by atoms with van der Waals surface area (Å²) in [6.45, 7) is 0.330. The van der Waals surface area contributed by atoms with E-state index >= 15 is 0 Å². The fourth-order valence-electron chi connectivity index (χ4n) is 1.48. The second-order valence-corrected chi connectivity index (χ2v) is 3.89. The van der Waals surface area contributed by atoms with Gasteiger partial charge < -0.3 is 15.9 Å². The molecule has 20 heavy (non-hydrogen) atoms. The van der Waals surface area contributed by atoms with E-state index in [4.69, 9.17) is 10.8 Å². The van der Waals surface area contributed by atoms with Gasteiger partial charge in [-0.1, -0.05) is 0 Å². The van der Waals surface area contributed by atoms with Crippen LogP contribution in [0.3, 0.4) is 0 Å². The van der Waals surface area contributed by atoms with Crippen LogP contribution in [0.2, 0.25) is 0 Å². The zero-order chi connectivity index (χ0) is 15.0. The summed E-state index contributed by atoms with van der Waals surface area (Å²) in [7, 11) is 0. The Morgan fingerprint density at radius 3 is 2.20 bits per heavy atom. The summed E-state index contributed by atoms with van der Waals surface area (Å²) < 4.78 is 63.1. The number of alkyl halides is 5. The quantitative estimate of drug-likeness (QED) is 0.745. The van der Waals surface area contributed by atoms with Gasteiger partial charge in [0.1, 0.15) is 11.8 Å². The number of aromatic hydroxyl groups is 1. The van der Waals surface area contributed by atoms with Crippen LogP contribution in [0.1, 0.15) is 22.9 Å². The minimum Gasteiger partial charge on any atom is -0.506 e. The molecule has 4 nitrogen and oxygen atoms in total. The zero-order valence-electron chi connectivity index (χ0n) is 10.1. The van der Waals surface area contributed by atoms with E-state index in [2.05, 4.69) is 4.98 Å². The van der Waals surface area contributed by atoms with Crippen LogP contribution in [-0.4, -0.2) is 27.3 Å². The summed E-state index contributed by atoms with van der Waals surface area (Å²) >= 11 is 0. The molecular weight excluding hydrogens is 311 g/mol. The SMILES string of the molecule is Cc1ncc(CO)c([C@@H](N)C(F)(F)C(F)(F)F)c1O.Cl. The second kappa shape index (κ2) is 6.06. The van der Waals surface area contributed by atoms with Crippen LogP contribution in [-0.2, 0) is 6.61 Å². The first-order valence-electron chi connectivity index (χ1n) is 5.02. The van der Waals surface area contributed by atoms with Crippen LogP contribution in [0.25, 0.3) is 0 Å². The number of nitrogens with zero attached hydrogens (tertiary/aromatic N) is 1. The minimum absolute atomic E-state index is 0. The van der Waals surface area contributed by atoms with Gasteiger partial charge in [-0.2, -0.15) is 22.0 Å². The molecule has 0 aliphatic rings. The molecule has 0 aromatic carbocycles. The summed E-state index contributed by atoms with van der Waals surface area (Å²) in [6, 6.07) is -2.84. The zero-order valence-corrected chi connectivity index (χ0v) is 10.9. The monoisotopic (exact) mass is 322 g/mol. The number of hydrogen-bond acceptors (Lipinski definition) is 4. The molecule has 0 saturated carbocycles. The molecule has 0 aliphatic heterocycles. The summed E-state index contributed by atoms with van der Waals surface area (Å²) in [5, 5.41) is 18.5. The molecule has 0 fully saturated rings. The summed E-state index contributed by atoms with van der Waals surface area (Å²) in [5.41, 5.74) is 3.52. The molecule has 1 heterocycles. The molecular formula is C10H12ClF5N2O2. The molecule has 1 aromatic heterocycles. The number of pyridine rings is 1. The van der Waals surface area contributed by atoms with Crippen molar-refractivity contribution in [3.8, 4) is 5.75 Å². The van der Waals surface area contributed by atoms with E-state index in [0.29, 0.717) is 0 Å². The lowest BCUT2D eigenvalue weighted by Gasteiger charge is -2.27. The molecule has 0 unspecified atom stereocenters. The lowest BCUT2D eigenvalue weighted by Crippen LogP contribution is -2.46. The Balaban J connectivity index is 0.00000361. The highest BCUT2D eigenvalue weighted by molar-refractivity contribution is 5.85. The Morgan fingerprint density at radius 1 is 1.30 bits per heavy atom. The predicted molar refractivity (Wildman–Crippen MR) is 61.7 cm³/mol. The van der Waals surface area contributed by atoms with Gasteiger partial charge in [0.2, 0.25) is 0 Å². The van der Waals surface area contributed by atoms with E-state index in [1.54, 1.807) is 0 Å². The van der Waals surface area contributed by atoms with E-state index in [-0.39, 0.29) is 23.7 Å². The second-order valence-electron chi connectivity index (χ2n) is 3.89. The fraction of sp³-hybridized carbons (Fsp3) is 0.500. The van der Waals surface area contributed by atoms with Gasteiger partial charge in [0.05, 0.1) is 12.3 Å². The average Bonchev–Trinajstić information content (AvgIpc) is 2.30. The molecule has 0 aliphatic carbocycles. The number of nitrogens with two attached hydrogens (primary N) is 1. The molecule has 0 bridgehead atoms. The van der Waals surface area contributed by atoms with E-state index in [9.17, 15) is 27.1 Å². The third-order valence-corrected chi connectivity index (χ3v) is 2.61. The smallest absolute Gasteiger partial charge is 0.455 e. The van der Waals surface area contributed by atoms with Crippen molar-refractivity contribution < 1.29 is 32.2 Å². The first kappa shape index (κ1) is 18.8. The van der Waals surface area contributed by atoms with Gasteiger partial charge in [-0.05, 0) is 6.92 Å². The van der Waals surface area contributed by atoms with Gasteiger partial charge in [-0.15, -0.1) is 12.4 Å². The van der Waals surface area contributed by atoms with Gasteiger partial charge in [-0.3, -0.25) is 4.98 Å². The molecule has 4 N–H and O–H groups in total. The van der Waals surface area contributed by atoms with Crippen LogP contribution >= 0.6 is 12.4 Å². The predicted octanol–water partition coefficient (Wildman–Crippen LogP) is 2.21. The first-order valence-corrected chi connectivity index (χ1v) is 5.02. The van der Waals surface area contributed by atoms with Gasteiger partial charge in [-0.25, -0.2) is 0 Å². The van der Waals surface area contributed by atoms with Crippen molar-refractivity contribution >= 4 is 12.4 Å². The number of aromatic nitrogens is 1. The van der Waals surface area contributed by atoms with E-state index < -0.39 is 36.1 Å². The molecule has 0 radical (unpaired) electrons. The maximum absolute atomic E-state index is 13.2. The van der Waals surface area contributed by atoms with Crippen molar-refractivity contribution in [2.75, 3.05) is 0 Å². The number of aliphatic hydroxyl groups is 1. The van der Waals surface area contributed by atoms with E-state index in [0.717, 1.165) is 6.20 Å². The maximum atomic E-state index is 13.2. The Bertz CT molecular complexity index is 481. The lowest BCUT2D eigenvalue weighted by molar-refractivity contribution is -0.291. The lowest BCUT2D eigenvalue weighted by atomic mass is 9.95. The highest BCUT2D eigenvalue weighted by Gasteiger charge is 2.62. The van der Waals surface area contributed by atoms with E-state index in [1.165, 1.54) is 6.92 Å². The molecule has 0 amide bonds. The number of rotatable bonds is 3. The van der Waals surface area contributed by atoms with Gasteiger partial charge in [0.15, 0.2) is 0 Å². The summed E-state index contributed by atoms with van der Waals surface area (Å²) in [6.07, 6.45) is -4.99. The number of aliphatic hydroxyl groups excluding tert-OH is 1. The topological polar surface area (TPSA) is 79.4 Å². The summed E-state index contributed by atoms with van der Waals surface area (Å²) in [5.74, 6) is -6.13. The van der Waals surface area contributed by atoms with Gasteiger partial charge >= 0.3 is 12.1 Å². The van der Waals surface area contributed by atoms with Crippen molar-refractivity contribution in [1.82, 2.24) is 4.98 Å². The largest absolute Gasteiger partial charge is 0.506 e. The third kappa shape index (κ3) is 3.10. The van der Waals surface area contributed by atoms with Crippen LogP contribution < -0.4 is 5.73 Å². The van der Waals surface area contributed by atoms with Crippen molar-refractivity contribution in [3.63, 3.8) is 0 Å². The standard InChI is InChI=1S/C10H11F5N2O2.ClH/c1-4-7(19)6(5(3-18)2-17-4)8(16)9(11,12)10(13,14)15;/h2,8,18-19H,3,16H2,1H3;1H/t8-;/m1./s1. The maximum Gasteiger partial charge on any atom is 0.455 e. The highest BCUT2D eigenvalue weighted by atomic mass is 35.5. The Hall–Kier alpha value is -1.19. The summed E-state index contributed by atoms with van der Waals surface area (Å²) in [4.78, 5) is 3.55. The Morgan fingerprint density at radius 2 is 1.80 bits per heavy atom. The molecule has 1 atom stereocenters. The van der Waals surface area contributed by atoms with Crippen LogP contribution in [0.15, 0.2) is 6.20 Å². The van der Waals surface area contributed by atoms with Gasteiger partial charge in [0, 0.05) is 17.3 Å². The Labute approximate surface area is 116 Å². The van der Waals surface area contributed by atoms with Crippen molar-refractivity contribution in [2.24, 2.45) is 5.73 Å². The van der Waals surface area contributed by atoms with Crippen molar-refractivity contribution in [1.29, 1.82) is 0 Å². The highest BCUT2D eigenvalue weighted by Crippen LogP contribution is 2.46. The molecule has 0 saturated heterocycles. The fourth-order valence-corrected chi connectivity index (χ4v) is 1.48. The molecule has 10 heteroatoms. The number of aryl methyl sites for hydroxylation is 1. The van der Waals surface area contributed by atoms with Crippen molar-refractivity contribution in [3.05, 3.63) is 23.0 Å². The van der Waals surface area contributed by atoms with Gasteiger partial charge in [0.25, 0.3) is 0 Å². The minimum atomic E-state index is -5.87. The average molecular weight is 323 g/mol. The molecule has 0 spiro atoms. The normalized spacial score (nSPS) is 13.8. The first-order chi connectivity index (χ1) is 8.54. The molecule has 1 rings (SSSR count). The molecule has 116 valence electrons. The van der Waals surface area contributed by atoms with Crippen molar-refractivity contribution in [2.45, 2.75) is 31.7 Å². The molecule has 1 aromatic rings. The number of hydrogen-bond donors (Lipinski definition) is 3. The van der Waals surface area contributed by atoms with Crippen LogP contribution in [0.4, 0.5) is 22.0 Å². The van der Waals surface area contributed by atoms with Crippen LogP contribution in [0.5, 0.6) is 5.75 Å². The number of halogens is 6. The van der Waals surface area contributed by atoms with E-state index in [1.807, 2.05) is 0 Å². The van der Waals surface area contributed by atoms with Crippen LogP contribution in [0, 0.1) is 6.92 Å².